The van der Waals surface area contributed by atoms with Gasteiger partial charge < -0.3 is 19.8 Å². The van der Waals surface area contributed by atoms with E-state index < -0.39 is 0 Å². The van der Waals surface area contributed by atoms with Crippen molar-refractivity contribution in [1.82, 2.24) is 0 Å². The van der Waals surface area contributed by atoms with Crippen LogP contribution in [0, 0.1) is 5.92 Å². The van der Waals surface area contributed by atoms with E-state index in [1.807, 2.05) is 31.2 Å². The molecule has 7 heteroatoms. The number of rotatable bonds is 6. The number of ether oxygens (including phenoxy) is 1. The smallest absolute Gasteiger partial charge is 0.291 e. The van der Waals surface area contributed by atoms with Gasteiger partial charge in [0, 0.05) is 4.88 Å². The molecule has 1 aliphatic rings. The highest BCUT2D eigenvalue weighted by Gasteiger charge is 2.29. The molecule has 2 N–H and O–H groups in total. The van der Waals surface area contributed by atoms with Crippen molar-refractivity contribution in [1.29, 1.82) is 0 Å². The third kappa shape index (κ3) is 4.11. The van der Waals surface area contributed by atoms with Crippen LogP contribution in [0.25, 0.3) is 0 Å². The van der Waals surface area contributed by atoms with Crippen molar-refractivity contribution >= 4 is 33.8 Å². The zero-order valence-electron chi connectivity index (χ0n) is 17.0. The molecule has 1 aromatic carbocycles. The first-order chi connectivity index (χ1) is 14.6. The lowest BCUT2D eigenvalue weighted by atomic mass is 9.88. The lowest BCUT2D eigenvalue weighted by molar-refractivity contribution is 0.0997. The second kappa shape index (κ2) is 8.75. The van der Waals surface area contributed by atoms with Crippen LogP contribution in [0.2, 0.25) is 0 Å². The molecule has 2 aromatic heterocycles. The number of carbonyl (C=O) groups excluding carboxylic acids is 2. The Morgan fingerprint density at radius 2 is 2.00 bits per heavy atom. The minimum atomic E-state index is -0.365. The van der Waals surface area contributed by atoms with Crippen molar-refractivity contribution in [2.75, 3.05) is 17.2 Å². The number of fused-ring (bicyclic) bond motifs is 1. The fourth-order valence-corrected chi connectivity index (χ4v) is 5.09. The average Bonchev–Trinajstić information content (AvgIpc) is 3.37. The van der Waals surface area contributed by atoms with Crippen molar-refractivity contribution in [3.8, 4) is 5.75 Å². The van der Waals surface area contributed by atoms with Crippen molar-refractivity contribution < 1.29 is 18.7 Å². The van der Waals surface area contributed by atoms with E-state index >= 15 is 0 Å². The van der Waals surface area contributed by atoms with E-state index in [0.29, 0.717) is 34.5 Å². The summed E-state index contributed by atoms with van der Waals surface area (Å²) in [5, 5.41) is 6.42. The van der Waals surface area contributed by atoms with Crippen LogP contribution in [0.15, 0.2) is 47.1 Å². The Balaban J connectivity index is 1.67. The van der Waals surface area contributed by atoms with Gasteiger partial charge in [0.25, 0.3) is 11.8 Å². The van der Waals surface area contributed by atoms with Gasteiger partial charge in [-0.1, -0.05) is 19.1 Å². The predicted molar refractivity (Wildman–Crippen MR) is 118 cm³/mol. The zero-order valence-corrected chi connectivity index (χ0v) is 17.8. The Bertz CT molecular complexity index is 1060. The molecule has 30 heavy (non-hydrogen) atoms. The standard InChI is InChI=1S/C23H24N2O4S/c1-3-28-17-8-5-4-7-16(17)24-22(27)20-15-11-10-14(2)13-19(15)30-23(20)25-21(26)18-9-6-12-29-18/h4-9,12,14H,3,10-11,13H2,1-2H3,(H,24,27)(H,25,26)/t14-/m0/s1. The van der Waals surface area contributed by atoms with E-state index in [4.69, 9.17) is 9.15 Å². The summed E-state index contributed by atoms with van der Waals surface area (Å²) in [6, 6.07) is 10.6. The Hall–Kier alpha value is -3.06. The molecule has 0 unspecified atom stereocenters. The molecule has 0 saturated carbocycles. The normalized spacial score (nSPS) is 15.3. The summed E-state index contributed by atoms with van der Waals surface area (Å²) in [5.74, 6) is 0.772. The SMILES string of the molecule is CCOc1ccccc1NC(=O)c1c(NC(=O)c2ccco2)sc2c1CC[C@H](C)C2. The Kier molecular flexibility index (Phi) is 5.90. The average molecular weight is 425 g/mol. The van der Waals surface area contributed by atoms with Gasteiger partial charge in [-0.3, -0.25) is 9.59 Å². The maximum Gasteiger partial charge on any atom is 0.291 e. The maximum atomic E-state index is 13.3. The van der Waals surface area contributed by atoms with Crippen LogP contribution in [0.4, 0.5) is 10.7 Å². The lowest BCUT2D eigenvalue weighted by Crippen LogP contribution is -2.19. The first-order valence-electron chi connectivity index (χ1n) is 10.1. The van der Waals surface area contributed by atoms with E-state index in [0.717, 1.165) is 29.7 Å². The predicted octanol–water partition coefficient (Wildman–Crippen LogP) is 5.37. The minimum absolute atomic E-state index is 0.211. The molecule has 2 amide bonds. The van der Waals surface area contributed by atoms with E-state index in [9.17, 15) is 9.59 Å². The second-order valence-corrected chi connectivity index (χ2v) is 8.48. The molecule has 0 aliphatic heterocycles. The fraction of sp³-hybridized carbons (Fsp3) is 0.304. The first-order valence-corrected chi connectivity index (χ1v) is 10.9. The summed E-state index contributed by atoms with van der Waals surface area (Å²) in [4.78, 5) is 27.1. The molecule has 0 spiro atoms. The first kappa shape index (κ1) is 20.2. The van der Waals surface area contributed by atoms with Crippen LogP contribution in [0.3, 0.4) is 0 Å². The summed E-state index contributed by atoms with van der Waals surface area (Å²) < 4.78 is 10.8. The third-order valence-electron chi connectivity index (χ3n) is 5.15. The molecule has 3 aromatic rings. The molecule has 6 nitrogen and oxygen atoms in total. The number of benzene rings is 1. The summed E-state index contributed by atoms with van der Waals surface area (Å²) in [6.07, 6.45) is 4.20. The fourth-order valence-electron chi connectivity index (χ4n) is 3.69. The van der Waals surface area contributed by atoms with Gasteiger partial charge in [-0.05, 0) is 61.9 Å². The topological polar surface area (TPSA) is 80.6 Å². The minimum Gasteiger partial charge on any atom is -0.492 e. The zero-order chi connectivity index (χ0) is 21.1. The number of furan rings is 1. The summed E-state index contributed by atoms with van der Waals surface area (Å²) >= 11 is 1.48. The molecule has 1 aliphatic carbocycles. The lowest BCUT2D eigenvalue weighted by Gasteiger charge is -2.19. The highest BCUT2D eigenvalue weighted by atomic mass is 32.1. The highest BCUT2D eigenvalue weighted by molar-refractivity contribution is 7.17. The number of hydrogen-bond donors (Lipinski definition) is 2. The number of anilines is 2. The molecule has 4 rings (SSSR count). The van der Waals surface area contributed by atoms with Gasteiger partial charge >= 0.3 is 0 Å². The van der Waals surface area contributed by atoms with Gasteiger partial charge in [0.15, 0.2) is 5.76 Å². The van der Waals surface area contributed by atoms with Crippen LogP contribution in [-0.4, -0.2) is 18.4 Å². The van der Waals surface area contributed by atoms with Crippen LogP contribution >= 0.6 is 11.3 Å². The number of amides is 2. The number of para-hydroxylation sites is 2. The van der Waals surface area contributed by atoms with Gasteiger partial charge in [-0.2, -0.15) is 0 Å². The largest absolute Gasteiger partial charge is 0.492 e. The van der Waals surface area contributed by atoms with Gasteiger partial charge in [0.2, 0.25) is 0 Å². The molecule has 1 atom stereocenters. The highest BCUT2D eigenvalue weighted by Crippen LogP contribution is 2.40. The van der Waals surface area contributed by atoms with E-state index in [1.165, 1.54) is 17.6 Å². The number of carbonyl (C=O) groups is 2. The van der Waals surface area contributed by atoms with Gasteiger partial charge in [-0.25, -0.2) is 0 Å². The molecule has 156 valence electrons. The van der Waals surface area contributed by atoms with Gasteiger partial charge in [-0.15, -0.1) is 11.3 Å². The van der Waals surface area contributed by atoms with Crippen LogP contribution < -0.4 is 15.4 Å². The van der Waals surface area contributed by atoms with E-state index in [-0.39, 0.29) is 17.6 Å². The van der Waals surface area contributed by atoms with Crippen LogP contribution in [0.1, 0.15) is 51.6 Å². The second-order valence-electron chi connectivity index (χ2n) is 7.37. The number of nitrogens with one attached hydrogen (secondary N) is 2. The Labute approximate surface area is 179 Å². The molecule has 0 radical (unpaired) electrons. The van der Waals surface area contributed by atoms with E-state index in [2.05, 4.69) is 17.6 Å². The van der Waals surface area contributed by atoms with Crippen LogP contribution in [0.5, 0.6) is 5.75 Å². The summed E-state index contributed by atoms with van der Waals surface area (Å²) in [5.41, 5.74) is 2.17. The van der Waals surface area contributed by atoms with Crippen molar-refractivity contribution in [2.24, 2.45) is 5.92 Å². The molecular formula is C23H24N2O4S. The molecule has 0 bridgehead atoms. The summed E-state index contributed by atoms with van der Waals surface area (Å²) in [7, 11) is 0. The van der Waals surface area contributed by atoms with Crippen LogP contribution in [-0.2, 0) is 12.8 Å². The summed E-state index contributed by atoms with van der Waals surface area (Å²) in [6.45, 7) is 4.61. The Morgan fingerprint density at radius 3 is 2.77 bits per heavy atom. The molecular weight excluding hydrogens is 400 g/mol. The molecule has 2 heterocycles. The molecule has 0 saturated heterocycles. The number of thiophene rings is 1. The molecule has 0 fully saturated rings. The monoisotopic (exact) mass is 424 g/mol. The number of hydrogen-bond acceptors (Lipinski definition) is 5. The third-order valence-corrected chi connectivity index (χ3v) is 6.32. The Morgan fingerprint density at radius 1 is 1.17 bits per heavy atom. The van der Waals surface area contributed by atoms with Crippen molar-refractivity contribution in [3.63, 3.8) is 0 Å². The van der Waals surface area contributed by atoms with E-state index in [1.54, 1.807) is 12.1 Å². The van der Waals surface area contributed by atoms with Gasteiger partial charge in [0.1, 0.15) is 10.8 Å². The van der Waals surface area contributed by atoms with Gasteiger partial charge in [0.05, 0.1) is 24.1 Å². The van der Waals surface area contributed by atoms with Crippen molar-refractivity contribution in [2.45, 2.75) is 33.1 Å². The van der Waals surface area contributed by atoms with Crippen molar-refractivity contribution in [3.05, 3.63) is 64.4 Å². The quantitative estimate of drug-likeness (QED) is 0.557. The maximum absolute atomic E-state index is 13.3.